The molecule has 5 heteroatoms. The van der Waals surface area contributed by atoms with Crippen molar-refractivity contribution in [2.24, 2.45) is 5.73 Å². The fourth-order valence-electron chi connectivity index (χ4n) is 1.30. The first kappa shape index (κ1) is 12.6. The summed E-state index contributed by atoms with van der Waals surface area (Å²) in [7, 11) is 0. The summed E-state index contributed by atoms with van der Waals surface area (Å²) in [5.74, 6) is 0.252. The highest BCUT2D eigenvalue weighted by atomic mass is 79.9. The highest BCUT2D eigenvalue weighted by Gasteiger charge is 2.16. The van der Waals surface area contributed by atoms with Gasteiger partial charge in [-0.2, -0.15) is 0 Å². The first-order chi connectivity index (χ1) is 6.54. The highest BCUT2D eigenvalue weighted by molar-refractivity contribution is 9.13. The van der Waals surface area contributed by atoms with Gasteiger partial charge < -0.3 is 10.8 Å². The topological polar surface area (TPSA) is 46.2 Å². The molecule has 80 valence electrons. The molecule has 2 nitrogen and oxygen atoms in total. The van der Waals surface area contributed by atoms with Crippen molar-refractivity contribution in [3.63, 3.8) is 0 Å². The van der Waals surface area contributed by atoms with Crippen molar-refractivity contribution < 1.29 is 5.11 Å². The van der Waals surface area contributed by atoms with Crippen LogP contribution in [0.15, 0.2) is 14.3 Å². The first-order valence-electron chi connectivity index (χ1n) is 4.37. The van der Waals surface area contributed by atoms with Gasteiger partial charge in [-0.05, 0) is 51.3 Å². The zero-order chi connectivity index (χ0) is 10.7. The van der Waals surface area contributed by atoms with Crippen LogP contribution in [0.25, 0.3) is 0 Å². The lowest BCUT2D eigenvalue weighted by Crippen LogP contribution is -2.16. The van der Waals surface area contributed by atoms with Gasteiger partial charge in [0, 0.05) is 21.8 Å². The average molecular weight is 343 g/mol. The molecular weight excluding hydrogens is 330 g/mol. The minimum Gasteiger partial charge on any atom is -0.393 e. The summed E-state index contributed by atoms with van der Waals surface area (Å²) < 4.78 is 2.14. The van der Waals surface area contributed by atoms with E-state index < -0.39 is 0 Å². The molecule has 0 spiro atoms. The minimum absolute atomic E-state index is 0.252. The van der Waals surface area contributed by atoms with Gasteiger partial charge in [-0.3, -0.25) is 0 Å². The van der Waals surface area contributed by atoms with Crippen LogP contribution >= 0.6 is 43.2 Å². The van der Waals surface area contributed by atoms with Gasteiger partial charge in [0.15, 0.2) is 0 Å². The van der Waals surface area contributed by atoms with Gasteiger partial charge in [-0.1, -0.05) is 0 Å². The van der Waals surface area contributed by atoms with E-state index in [1.165, 1.54) is 4.88 Å². The molecule has 14 heavy (non-hydrogen) atoms. The second-order valence-electron chi connectivity index (χ2n) is 3.29. The number of hydrogen-bond acceptors (Lipinski definition) is 3. The molecule has 1 rings (SSSR count). The number of nitrogens with two attached hydrogens (primary N) is 1. The number of halogens is 2. The molecule has 0 fully saturated rings. The predicted octanol–water partition coefficient (Wildman–Crippen LogP) is 3.09. The molecule has 0 aliphatic heterocycles. The van der Waals surface area contributed by atoms with Crippen LogP contribution in [0.4, 0.5) is 0 Å². The third-order valence-corrected chi connectivity index (χ3v) is 5.40. The third kappa shape index (κ3) is 3.31. The van der Waals surface area contributed by atoms with Crippen molar-refractivity contribution in [2.75, 3.05) is 6.54 Å². The summed E-state index contributed by atoms with van der Waals surface area (Å²) in [6.45, 7) is 2.37. The number of rotatable bonds is 4. The Morgan fingerprint density at radius 2 is 2.21 bits per heavy atom. The zero-order valence-corrected chi connectivity index (χ0v) is 11.8. The Labute approximate surface area is 105 Å². The van der Waals surface area contributed by atoms with Crippen LogP contribution in [-0.4, -0.2) is 17.8 Å². The van der Waals surface area contributed by atoms with Crippen LogP contribution in [0, 0.1) is 0 Å². The SMILES string of the molecule is CC(O)CC(CN)c1cc(Br)c(Br)s1. The van der Waals surface area contributed by atoms with E-state index in [1.54, 1.807) is 18.3 Å². The molecule has 0 amide bonds. The highest BCUT2D eigenvalue weighted by Crippen LogP contribution is 2.37. The molecule has 1 aromatic heterocycles. The van der Waals surface area contributed by atoms with Crippen molar-refractivity contribution in [2.45, 2.75) is 25.4 Å². The van der Waals surface area contributed by atoms with E-state index >= 15 is 0 Å². The summed E-state index contributed by atoms with van der Waals surface area (Å²) in [5, 5.41) is 9.32. The lowest BCUT2D eigenvalue weighted by atomic mass is 10.0. The van der Waals surface area contributed by atoms with Gasteiger partial charge in [0.25, 0.3) is 0 Å². The number of aliphatic hydroxyl groups is 1. The molecule has 1 aromatic rings. The smallest absolute Gasteiger partial charge is 0.0843 e. The second kappa shape index (κ2) is 5.61. The third-order valence-electron chi connectivity index (χ3n) is 1.98. The van der Waals surface area contributed by atoms with Crippen molar-refractivity contribution in [3.05, 3.63) is 19.2 Å². The molecule has 0 aliphatic rings. The summed E-state index contributed by atoms with van der Waals surface area (Å²) >= 11 is 8.56. The number of aliphatic hydroxyl groups excluding tert-OH is 1. The Kier molecular flexibility index (Phi) is 5.06. The largest absolute Gasteiger partial charge is 0.393 e. The van der Waals surface area contributed by atoms with Gasteiger partial charge in [0.2, 0.25) is 0 Å². The Morgan fingerprint density at radius 3 is 2.57 bits per heavy atom. The Hall–Kier alpha value is 0.580. The monoisotopic (exact) mass is 341 g/mol. The quantitative estimate of drug-likeness (QED) is 0.883. The molecule has 1 heterocycles. The van der Waals surface area contributed by atoms with Crippen LogP contribution in [0.1, 0.15) is 24.1 Å². The molecule has 0 bridgehead atoms. The first-order valence-corrected chi connectivity index (χ1v) is 6.77. The molecule has 0 saturated heterocycles. The van der Waals surface area contributed by atoms with Gasteiger partial charge in [0.1, 0.15) is 0 Å². The van der Waals surface area contributed by atoms with Crippen LogP contribution in [-0.2, 0) is 0 Å². The maximum atomic E-state index is 9.32. The maximum Gasteiger partial charge on any atom is 0.0843 e. The van der Waals surface area contributed by atoms with E-state index in [4.69, 9.17) is 5.73 Å². The van der Waals surface area contributed by atoms with Crippen LogP contribution < -0.4 is 5.73 Å². The van der Waals surface area contributed by atoms with Crippen LogP contribution in [0.5, 0.6) is 0 Å². The molecule has 2 atom stereocenters. The Balaban J connectivity index is 2.78. The standard InChI is InChI=1S/C9H13Br2NOS/c1-5(13)2-6(4-12)8-3-7(10)9(11)14-8/h3,5-6,13H,2,4,12H2,1H3. The van der Waals surface area contributed by atoms with Crippen molar-refractivity contribution in [3.8, 4) is 0 Å². The average Bonchev–Trinajstić information content (AvgIpc) is 2.42. The normalized spacial score (nSPS) is 15.5. The molecule has 0 aromatic carbocycles. The number of hydrogen-bond donors (Lipinski definition) is 2. The molecule has 0 aliphatic carbocycles. The van der Waals surface area contributed by atoms with E-state index in [9.17, 15) is 5.11 Å². The van der Waals surface area contributed by atoms with E-state index in [0.29, 0.717) is 6.54 Å². The van der Waals surface area contributed by atoms with Gasteiger partial charge in [-0.15, -0.1) is 11.3 Å². The fraction of sp³-hybridized carbons (Fsp3) is 0.556. The summed E-state index contributed by atoms with van der Waals surface area (Å²) in [6, 6.07) is 2.06. The van der Waals surface area contributed by atoms with Crippen molar-refractivity contribution in [1.29, 1.82) is 0 Å². The summed E-state index contributed by atoms with van der Waals surface area (Å²) in [6.07, 6.45) is 0.416. The maximum absolute atomic E-state index is 9.32. The molecule has 0 saturated carbocycles. The van der Waals surface area contributed by atoms with E-state index in [2.05, 4.69) is 37.9 Å². The molecule has 0 radical (unpaired) electrons. The van der Waals surface area contributed by atoms with E-state index in [-0.39, 0.29) is 12.0 Å². The lowest BCUT2D eigenvalue weighted by Gasteiger charge is -2.14. The van der Waals surface area contributed by atoms with Crippen LogP contribution in [0.3, 0.4) is 0 Å². The van der Waals surface area contributed by atoms with Gasteiger partial charge in [-0.25, -0.2) is 0 Å². The summed E-state index contributed by atoms with van der Waals surface area (Å²) in [5.41, 5.74) is 5.68. The molecule has 3 N–H and O–H groups in total. The second-order valence-corrected chi connectivity index (χ2v) is 6.54. The van der Waals surface area contributed by atoms with Crippen molar-refractivity contribution >= 4 is 43.2 Å². The van der Waals surface area contributed by atoms with Crippen molar-refractivity contribution in [1.82, 2.24) is 0 Å². The Bertz CT molecular complexity index is 282. The van der Waals surface area contributed by atoms with Gasteiger partial charge in [0.05, 0.1) is 9.89 Å². The Morgan fingerprint density at radius 1 is 1.57 bits per heavy atom. The lowest BCUT2D eigenvalue weighted by molar-refractivity contribution is 0.175. The fourth-order valence-corrected chi connectivity index (χ4v) is 3.52. The van der Waals surface area contributed by atoms with E-state index in [0.717, 1.165) is 14.7 Å². The zero-order valence-electron chi connectivity index (χ0n) is 7.84. The number of thiophene rings is 1. The minimum atomic E-state index is -0.303. The van der Waals surface area contributed by atoms with Gasteiger partial charge >= 0.3 is 0 Å². The van der Waals surface area contributed by atoms with E-state index in [1.807, 2.05) is 0 Å². The predicted molar refractivity (Wildman–Crippen MR) is 67.8 cm³/mol. The molecule has 2 unspecified atom stereocenters. The van der Waals surface area contributed by atoms with Crippen LogP contribution in [0.2, 0.25) is 0 Å². The molecular formula is C9H13Br2NOS. The summed E-state index contributed by atoms with van der Waals surface area (Å²) in [4.78, 5) is 1.21.